The van der Waals surface area contributed by atoms with Crippen LogP contribution < -0.4 is 5.32 Å². The molecule has 1 amide bonds. The fraction of sp³-hybridized carbons (Fsp3) is 0.600. The molecule has 0 saturated heterocycles. The van der Waals surface area contributed by atoms with E-state index in [9.17, 15) is 4.79 Å². The number of rotatable bonds is 3. The Balaban J connectivity index is 2.45. The quantitative estimate of drug-likeness (QED) is 0.653. The summed E-state index contributed by atoms with van der Waals surface area (Å²) in [5, 5.41) is 3.10. The number of carbonyl (C=O) groups excluding carboxylic acids is 1. The van der Waals surface area contributed by atoms with E-state index in [2.05, 4.69) is 55.5 Å². The van der Waals surface area contributed by atoms with Gasteiger partial charge in [-0.25, -0.2) is 9.78 Å². The molecule has 0 radical (unpaired) electrons. The van der Waals surface area contributed by atoms with Crippen LogP contribution in [0.5, 0.6) is 0 Å². The standard InChI is InChI=1S/C10H14ClI2N3O2/c1-10(2,3)18-9(17)14-4-5-16-7(13)6(12)15-8(16)11/h4-5H2,1-3H3,(H,14,17). The van der Waals surface area contributed by atoms with Gasteiger partial charge in [-0.2, -0.15) is 0 Å². The minimum Gasteiger partial charge on any atom is -0.444 e. The average molecular weight is 498 g/mol. The zero-order chi connectivity index (χ0) is 13.9. The molecule has 1 aromatic heterocycles. The SMILES string of the molecule is CC(C)(C)OC(=O)NCCn1c(Cl)nc(I)c1I. The number of hydrogen-bond acceptors (Lipinski definition) is 3. The smallest absolute Gasteiger partial charge is 0.407 e. The zero-order valence-corrected chi connectivity index (χ0v) is 15.3. The van der Waals surface area contributed by atoms with Crippen LogP contribution in [0.2, 0.25) is 5.28 Å². The van der Waals surface area contributed by atoms with Gasteiger partial charge in [-0.05, 0) is 77.6 Å². The first-order chi connectivity index (χ1) is 8.20. The Morgan fingerprint density at radius 1 is 1.50 bits per heavy atom. The zero-order valence-electron chi connectivity index (χ0n) is 10.3. The van der Waals surface area contributed by atoms with Gasteiger partial charge in [0, 0.05) is 13.1 Å². The summed E-state index contributed by atoms with van der Waals surface area (Å²) in [5.74, 6) is 0. The first kappa shape index (κ1) is 16.3. The Kier molecular flexibility index (Phi) is 5.97. The molecule has 1 rings (SSSR count). The van der Waals surface area contributed by atoms with E-state index >= 15 is 0 Å². The molecule has 1 N–H and O–H groups in total. The Bertz CT molecular complexity index is 443. The monoisotopic (exact) mass is 497 g/mol. The molecule has 0 bridgehead atoms. The summed E-state index contributed by atoms with van der Waals surface area (Å²) in [4.78, 5) is 15.6. The molecule has 18 heavy (non-hydrogen) atoms. The van der Waals surface area contributed by atoms with Crippen LogP contribution in [0.15, 0.2) is 0 Å². The Labute approximate surface area is 138 Å². The van der Waals surface area contributed by atoms with Crippen LogP contribution in [0.1, 0.15) is 20.8 Å². The maximum absolute atomic E-state index is 11.4. The molecule has 0 aromatic carbocycles. The predicted octanol–water partition coefficient (Wildman–Crippen LogP) is 3.27. The van der Waals surface area contributed by atoms with Gasteiger partial charge in [-0.15, -0.1) is 0 Å². The normalized spacial score (nSPS) is 11.4. The average Bonchev–Trinajstić information content (AvgIpc) is 2.41. The lowest BCUT2D eigenvalue weighted by molar-refractivity contribution is 0.0526. The largest absolute Gasteiger partial charge is 0.444 e. The van der Waals surface area contributed by atoms with E-state index in [1.54, 1.807) is 0 Å². The highest BCUT2D eigenvalue weighted by Gasteiger charge is 2.16. The molecule has 0 aliphatic carbocycles. The molecule has 5 nitrogen and oxygen atoms in total. The Hall–Kier alpha value is 0.230. The molecule has 0 aliphatic rings. The first-order valence-electron chi connectivity index (χ1n) is 5.24. The molecule has 0 saturated carbocycles. The number of carbonyl (C=O) groups is 1. The number of imidazole rings is 1. The van der Waals surface area contributed by atoms with Crippen molar-refractivity contribution in [1.29, 1.82) is 0 Å². The number of amides is 1. The number of halogens is 3. The van der Waals surface area contributed by atoms with Crippen molar-refractivity contribution in [3.8, 4) is 0 Å². The summed E-state index contributed by atoms with van der Waals surface area (Å²) in [7, 11) is 0. The van der Waals surface area contributed by atoms with Gasteiger partial charge < -0.3 is 14.6 Å². The van der Waals surface area contributed by atoms with Gasteiger partial charge in [-0.3, -0.25) is 0 Å². The molecule has 102 valence electrons. The summed E-state index contributed by atoms with van der Waals surface area (Å²) >= 11 is 10.3. The van der Waals surface area contributed by atoms with Crippen molar-refractivity contribution in [2.45, 2.75) is 32.9 Å². The van der Waals surface area contributed by atoms with Crippen molar-refractivity contribution in [2.75, 3.05) is 6.54 Å². The van der Waals surface area contributed by atoms with E-state index in [4.69, 9.17) is 16.3 Å². The van der Waals surface area contributed by atoms with Crippen molar-refractivity contribution >= 4 is 62.9 Å². The van der Waals surface area contributed by atoms with Gasteiger partial charge in [0.2, 0.25) is 5.28 Å². The van der Waals surface area contributed by atoms with Crippen molar-refractivity contribution in [3.63, 3.8) is 0 Å². The van der Waals surface area contributed by atoms with E-state index in [1.807, 2.05) is 25.3 Å². The van der Waals surface area contributed by atoms with Gasteiger partial charge in [-0.1, -0.05) is 0 Å². The molecule has 8 heteroatoms. The highest BCUT2D eigenvalue weighted by molar-refractivity contribution is 14.1. The van der Waals surface area contributed by atoms with Crippen LogP contribution in [0.3, 0.4) is 0 Å². The van der Waals surface area contributed by atoms with E-state index in [0.29, 0.717) is 18.4 Å². The number of nitrogens with zero attached hydrogens (tertiary/aromatic N) is 2. The third kappa shape index (κ3) is 5.08. The molecule has 0 aliphatic heterocycles. The van der Waals surface area contributed by atoms with Gasteiger partial charge in [0.25, 0.3) is 0 Å². The van der Waals surface area contributed by atoms with Crippen LogP contribution in [-0.2, 0) is 11.3 Å². The lowest BCUT2D eigenvalue weighted by Gasteiger charge is -2.19. The summed E-state index contributed by atoms with van der Waals surface area (Å²) < 4.78 is 8.78. The van der Waals surface area contributed by atoms with Crippen molar-refractivity contribution in [3.05, 3.63) is 12.7 Å². The van der Waals surface area contributed by atoms with Crippen molar-refractivity contribution < 1.29 is 9.53 Å². The minimum absolute atomic E-state index is 0.426. The van der Waals surface area contributed by atoms with Crippen molar-refractivity contribution in [1.82, 2.24) is 14.9 Å². The maximum atomic E-state index is 11.4. The number of nitrogens with one attached hydrogen (secondary N) is 1. The van der Waals surface area contributed by atoms with Gasteiger partial charge in [0.15, 0.2) is 0 Å². The molecule has 1 aromatic rings. The number of alkyl carbamates (subject to hydrolysis) is 1. The lowest BCUT2D eigenvalue weighted by atomic mass is 10.2. The molecular weight excluding hydrogens is 483 g/mol. The van der Waals surface area contributed by atoms with Gasteiger partial charge >= 0.3 is 6.09 Å². The molecule has 0 atom stereocenters. The van der Waals surface area contributed by atoms with Gasteiger partial charge in [0.05, 0.1) is 0 Å². The fourth-order valence-electron chi connectivity index (χ4n) is 1.15. The number of hydrogen-bond donors (Lipinski definition) is 1. The summed E-state index contributed by atoms with van der Waals surface area (Å²) in [5.41, 5.74) is -0.486. The first-order valence-corrected chi connectivity index (χ1v) is 7.78. The predicted molar refractivity (Wildman–Crippen MR) is 86.9 cm³/mol. The highest BCUT2D eigenvalue weighted by Crippen LogP contribution is 2.19. The molecule has 1 heterocycles. The summed E-state index contributed by atoms with van der Waals surface area (Å²) in [6, 6.07) is 0. The Morgan fingerprint density at radius 3 is 2.56 bits per heavy atom. The summed E-state index contributed by atoms with van der Waals surface area (Å²) in [6.07, 6.45) is -0.427. The van der Waals surface area contributed by atoms with Crippen LogP contribution in [0.4, 0.5) is 4.79 Å². The molecule has 0 fully saturated rings. The highest BCUT2D eigenvalue weighted by atomic mass is 127. The van der Waals surface area contributed by atoms with Crippen LogP contribution in [0, 0.1) is 7.40 Å². The van der Waals surface area contributed by atoms with E-state index in [1.165, 1.54) is 0 Å². The van der Waals surface area contributed by atoms with E-state index in [0.717, 1.165) is 7.40 Å². The second-order valence-corrected chi connectivity index (χ2v) is 6.92. The third-order valence-corrected chi connectivity index (χ3v) is 4.99. The van der Waals surface area contributed by atoms with E-state index < -0.39 is 11.7 Å². The maximum Gasteiger partial charge on any atom is 0.407 e. The lowest BCUT2D eigenvalue weighted by Crippen LogP contribution is -2.34. The van der Waals surface area contributed by atoms with Gasteiger partial charge in [0.1, 0.15) is 13.0 Å². The molecular formula is C10H14ClI2N3O2. The minimum atomic E-state index is -0.486. The number of aromatic nitrogens is 2. The van der Waals surface area contributed by atoms with Crippen LogP contribution >= 0.6 is 56.8 Å². The molecule has 0 spiro atoms. The van der Waals surface area contributed by atoms with Crippen LogP contribution in [0.25, 0.3) is 0 Å². The topological polar surface area (TPSA) is 56.1 Å². The van der Waals surface area contributed by atoms with Crippen molar-refractivity contribution in [2.24, 2.45) is 0 Å². The Morgan fingerprint density at radius 2 is 2.11 bits per heavy atom. The second-order valence-electron chi connectivity index (χ2n) is 4.54. The van der Waals surface area contributed by atoms with E-state index in [-0.39, 0.29) is 0 Å². The van der Waals surface area contributed by atoms with Crippen LogP contribution in [-0.4, -0.2) is 27.8 Å². The summed E-state index contributed by atoms with van der Waals surface area (Å²) in [6.45, 7) is 6.48. The number of ether oxygens (including phenoxy) is 1. The second kappa shape index (κ2) is 6.60. The third-order valence-electron chi connectivity index (χ3n) is 1.82. The fourth-order valence-corrected chi connectivity index (χ4v) is 2.80. The molecule has 0 unspecified atom stereocenters.